The first-order valence-corrected chi connectivity index (χ1v) is 6.57. The average molecular weight is 271 g/mol. The Morgan fingerprint density at radius 3 is 3.00 bits per heavy atom. The first-order chi connectivity index (χ1) is 8.65. The molecule has 0 aliphatic carbocycles. The van der Waals surface area contributed by atoms with Gasteiger partial charge in [-0.1, -0.05) is 11.6 Å². The standard InChI is InChI=1S/C12H19ClN4O/c1-17(2)6-5-14-11-8-10(13)15-12(16-11)9-4-3-7-18-9/h8-9H,3-7H2,1-2H3,(H,14,15,16). The fourth-order valence-corrected chi connectivity index (χ4v) is 2.05. The molecule has 100 valence electrons. The quantitative estimate of drug-likeness (QED) is 0.829. The van der Waals surface area contributed by atoms with Crippen LogP contribution in [0.25, 0.3) is 0 Å². The molecule has 1 aliphatic rings. The molecule has 0 saturated carbocycles. The van der Waals surface area contributed by atoms with Crippen LogP contribution in [0.3, 0.4) is 0 Å². The van der Waals surface area contributed by atoms with Crippen LogP contribution in [-0.4, -0.2) is 48.7 Å². The topological polar surface area (TPSA) is 50.3 Å². The van der Waals surface area contributed by atoms with E-state index in [1.807, 2.05) is 14.1 Å². The van der Waals surface area contributed by atoms with Crippen molar-refractivity contribution in [2.75, 3.05) is 39.1 Å². The Hall–Kier alpha value is -0.910. The molecule has 5 nitrogen and oxygen atoms in total. The van der Waals surface area contributed by atoms with E-state index in [0.29, 0.717) is 11.0 Å². The summed E-state index contributed by atoms with van der Waals surface area (Å²) in [6.45, 7) is 2.55. The van der Waals surface area contributed by atoms with Crippen molar-refractivity contribution in [1.29, 1.82) is 0 Å². The highest BCUT2D eigenvalue weighted by Crippen LogP contribution is 2.27. The number of anilines is 1. The number of aromatic nitrogens is 2. The Kier molecular flexibility index (Phi) is 4.74. The predicted octanol–water partition coefficient (Wildman–Crippen LogP) is 1.95. The number of likely N-dealkylation sites (N-methyl/N-ethyl adjacent to an activating group) is 1. The monoisotopic (exact) mass is 270 g/mol. The minimum atomic E-state index is -0.00176. The number of rotatable bonds is 5. The van der Waals surface area contributed by atoms with E-state index < -0.39 is 0 Å². The minimum absolute atomic E-state index is 0.00176. The molecule has 0 radical (unpaired) electrons. The zero-order chi connectivity index (χ0) is 13.0. The fourth-order valence-electron chi connectivity index (χ4n) is 1.86. The lowest BCUT2D eigenvalue weighted by atomic mass is 10.2. The van der Waals surface area contributed by atoms with Crippen LogP contribution in [0.1, 0.15) is 24.8 Å². The van der Waals surface area contributed by atoms with Crippen LogP contribution in [0.2, 0.25) is 5.15 Å². The van der Waals surface area contributed by atoms with Gasteiger partial charge in [0, 0.05) is 25.8 Å². The van der Waals surface area contributed by atoms with Gasteiger partial charge in [-0.05, 0) is 26.9 Å². The maximum absolute atomic E-state index is 6.01. The summed E-state index contributed by atoms with van der Waals surface area (Å²) in [5, 5.41) is 3.71. The van der Waals surface area contributed by atoms with Crippen LogP contribution in [0.15, 0.2) is 6.07 Å². The predicted molar refractivity (Wildman–Crippen MR) is 72.0 cm³/mol. The molecule has 1 aromatic heterocycles. The zero-order valence-corrected chi connectivity index (χ0v) is 11.6. The van der Waals surface area contributed by atoms with Gasteiger partial charge in [-0.25, -0.2) is 9.97 Å². The SMILES string of the molecule is CN(C)CCNc1cc(Cl)nc(C2CCCO2)n1. The third kappa shape index (κ3) is 3.80. The van der Waals surface area contributed by atoms with E-state index in [4.69, 9.17) is 16.3 Å². The van der Waals surface area contributed by atoms with Crippen molar-refractivity contribution in [2.24, 2.45) is 0 Å². The van der Waals surface area contributed by atoms with E-state index in [9.17, 15) is 0 Å². The molecule has 2 heterocycles. The second-order valence-electron chi connectivity index (χ2n) is 4.67. The van der Waals surface area contributed by atoms with E-state index in [1.165, 1.54) is 0 Å². The van der Waals surface area contributed by atoms with Gasteiger partial charge < -0.3 is 15.0 Å². The molecule has 1 unspecified atom stereocenters. The van der Waals surface area contributed by atoms with E-state index in [-0.39, 0.29) is 6.10 Å². The molecule has 1 N–H and O–H groups in total. The van der Waals surface area contributed by atoms with Gasteiger partial charge in [0.25, 0.3) is 0 Å². The molecule has 6 heteroatoms. The van der Waals surface area contributed by atoms with Gasteiger partial charge in [0.15, 0.2) is 5.82 Å². The van der Waals surface area contributed by atoms with E-state index in [2.05, 4.69) is 20.2 Å². The van der Waals surface area contributed by atoms with Gasteiger partial charge in [0.05, 0.1) is 0 Å². The number of nitrogens with one attached hydrogen (secondary N) is 1. The molecule has 0 bridgehead atoms. The van der Waals surface area contributed by atoms with E-state index in [0.717, 1.165) is 38.4 Å². The highest BCUT2D eigenvalue weighted by molar-refractivity contribution is 6.29. The van der Waals surface area contributed by atoms with Crippen molar-refractivity contribution in [2.45, 2.75) is 18.9 Å². The van der Waals surface area contributed by atoms with Crippen molar-refractivity contribution in [3.05, 3.63) is 17.0 Å². The van der Waals surface area contributed by atoms with Crippen LogP contribution >= 0.6 is 11.6 Å². The van der Waals surface area contributed by atoms with Crippen molar-refractivity contribution < 1.29 is 4.74 Å². The third-order valence-corrected chi connectivity index (χ3v) is 2.99. The lowest BCUT2D eigenvalue weighted by Crippen LogP contribution is -2.21. The van der Waals surface area contributed by atoms with Crippen molar-refractivity contribution in [3.63, 3.8) is 0 Å². The Morgan fingerprint density at radius 2 is 2.33 bits per heavy atom. The van der Waals surface area contributed by atoms with Crippen molar-refractivity contribution in [3.8, 4) is 0 Å². The largest absolute Gasteiger partial charge is 0.370 e. The molecule has 0 spiro atoms. The first kappa shape index (κ1) is 13.5. The second-order valence-corrected chi connectivity index (χ2v) is 5.05. The molecule has 0 aromatic carbocycles. The van der Waals surface area contributed by atoms with Gasteiger partial charge in [-0.2, -0.15) is 0 Å². The summed E-state index contributed by atoms with van der Waals surface area (Å²) in [7, 11) is 4.07. The molecule has 1 aromatic rings. The number of ether oxygens (including phenoxy) is 1. The second kappa shape index (κ2) is 6.31. The number of halogens is 1. The highest BCUT2D eigenvalue weighted by Gasteiger charge is 2.21. The zero-order valence-electron chi connectivity index (χ0n) is 10.8. The van der Waals surface area contributed by atoms with Crippen molar-refractivity contribution in [1.82, 2.24) is 14.9 Å². The minimum Gasteiger partial charge on any atom is -0.370 e. The van der Waals surface area contributed by atoms with Crippen LogP contribution in [0.4, 0.5) is 5.82 Å². The summed E-state index contributed by atoms with van der Waals surface area (Å²) in [6.07, 6.45) is 2.03. The molecule has 1 aliphatic heterocycles. The van der Waals surface area contributed by atoms with Gasteiger partial charge in [-0.15, -0.1) is 0 Å². The summed E-state index contributed by atoms with van der Waals surface area (Å²) in [5.74, 6) is 1.45. The Balaban J connectivity index is 2.01. The average Bonchev–Trinajstić information content (AvgIpc) is 2.81. The van der Waals surface area contributed by atoms with Gasteiger partial charge >= 0.3 is 0 Å². The lowest BCUT2D eigenvalue weighted by molar-refractivity contribution is 0.105. The molecule has 1 fully saturated rings. The molecule has 2 rings (SSSR count). The van der Waals surface area contributed by atoms with Crippen LogP contribution in [-0.2, 0) is 4.74 Å². The van der Waals surface area contributed by atoms with Crippen molar-refractivity contribution >= 4 is 17.4 Å². The number of hydrogen-bond donors (Lipinski definition) is 1. The summed E-state index contributed by atoms with van der Waals surface area (Å²) in [5.41, 5.74) is 0. The molecule has 1 saturated heterocycles. The smallest absolute Gasteiger partial charge is 0.161 e. The Bertz CT molecular complexity index is 394. The Labute approximate surface area is 113 Å². The summed E-state index contributed by atoms with van der Waals surface area (Å²) in [4.78, 5) is 10.8. The van der Waals surface area contributed by atoms with Gasteiger partial charge in [0.1, 0.15) is 17.1 Å². The summed E-state index contributed by atoms with van der Waals surface area (Å²) >= 11 is 6.01. The maximum atomic E-state index is 6.01. The maximum Gasteiger partial charge on any atom is 0.161 e. The molecular weight excluding hydrogens is 252 g/mol. The normalized spacial score (nSPS) is 19.4. The number of nitrogens with zero attached hydrogens (tertiary/aromatic N) is 3. The molecule has 0 amide bonds. The summed E-state index contributed by atoms with van der Waals surface area (Å²) < 4.78 is 5.57. The molecule has 18 heavy (non-hydrogen) atoms. The van der Waals surface area contributed by atoms with Gasteiger partial charge in [-0.3, -0.25) is 0 Å². The van der Waals surface area contributed by atoms with Crippen LogP contribution in [0.5, 0.6) is 0 Å². The van der Waals surface area contributed by atoms with E-state index in [1.54, 1.807) is 6.07 Å². The van der Waals surface area contributed by atoms with Gasteiger partial charge in [0.2, 0.25) is 0 Å². The fraction of sp³-hybridized carbons (Fsp3) is 0.667. The summed E-state index contributed by atoms with van der Waals surface area (Å²) in [6, 6.07) is 1.75. The number of hydrogen-bond acceptors (Lipinski definition) is 5. The third-order valence-electron chi connectivity index (χ3n) is 2.79. The molecule has 1 atom stereocenters. The van der Waals surface area contributed by atoms with Crippen LogP contribution < -0.4 is 5.32 Å². The Morgan fingerprint density at radius 1 is 1.50 bits per heavy atom. The van der Waals surface area contributed by atoms with Crippen LogP contribution in [0, 0.1) is 0 Å². The lowest BCUT2D eigenvalue weighted by Gasteiger charge is -2.13. The van der Waals surface area contributed by atoms with E-state index >= 15 is 0 Å². The first-order valence-electron chi connectivity index (χ1n) is 6.20. The highest BCUT2D eigenvalue weighted by atomic mass is 35.5. The molecular formula is C12H19ClN4O.